The van der Waals surface area contributed by atoms with Crippen LogP contribution in [0.3, 0.4) is 0 Å². The van der Waals surface area contributed by atoms with Crippen LogP contribution in [0, 0.1) is 0 Å². The summed E-state index contributed by atoms with van der Waals surface area (Å²) in [6.07, 6.45) is 3.11. The number of hydrogen-bond donors (Lipinski definition) is 3. The Morgan fingerprint density at radius 2 is 2.15 bits per heavy atom. The predicted molar refractivity (Wildman–Crippen MR) is 74.0 cm³/mol. The first-order valence-electron chi connectivity index (χ1n) is 6.51. The minimum Gasteiger partial charge on any atom is -0.482 e. The van der Waals surface area contributed by atoms with E-state index in [1.807, 2.05) is 6.92 Å². The van der Waals surface area contributed by atoms with E-state index in [4.69, 9.17) is 9.84 Å². The number of carboxylic acid groups (broad SMARTS) is 1. The highest BCUT2D eigenvalue weighted by molar-refractivity contribution is 5.90. The summed E-state index contributed by atoms with van der Waals surface area (Å²) in [6, 6.07) is 6.38. The number of aliphatic carboxylic acids is 1. The lowest BCUT2D eigenvalue weighted by Crippen LogP contribution is -2.52. The molecule has 1 aromatic carbocycles. The lowest BCUT2D eigenvalue weighted by atomic mass is 9.79. The zero-order valence-corrected chi connectivity index (χ0v) is 11.3. The van der Waals surface area contributed by atoms with Gasteiger partial charge < -0.3 is 20.5 Å². The van der Waals surface area contributed by atoms with Gasteiger partial charge in [-0.15, -0.1) is 0 Å². The number of hydrogen-bond acceptors (Lipinski definition) is 3. The van der Waals surface area contributed by atoms with Crippen LogP contribution in [-0.4, -0.2) is 29.3 Å². The van der Waals surface area contributed by atoms with Gasteiger partial charge in [-0.05, 0) is 38.3 Å². The zero-order chi connectivity index (χ0) is 14.6. The molecule has 0 heterocycles. The van der Waals surface area contributed by atoms with Gasteiger partial charge in [0.25, 0.3) is 0 Å². The molecule has 0 aliphatic heterocycles. The zero-order valence-electron chi connectivity index (χ0n) is 11.3. The third kappa shape index (κ3) is 3.88. The SMILES string of the molecule is CC1(NC(=O)Nc2cccc(OCC(=O)O)c2)CCC1. The van der Waals surface area contributed by atoms with Crippen molar-refractivity contribution in [3.05, 3.63) is 24.3 Å². The van der Waals surface area contributed by atoms with Crippen LogP contribution < -0.4 is 15.4 Å². The second-order valence-corrected chi connectivity index (χ2v) is 5.20. The number of amides is 2. The van der Waals surface area contributed by atoms with Gasteiger partial charge in [0.1, 0.15) is 5.75 Å². The molecule has 2 amide bonds. The molecule has 0 atom stereocenters. The normalized spacial score (nSPS) is 15.8. The molecule has 0 saturated heterocycles. The predicted octanol–water partition coefficient (Wildman–Crippen LogP) is 2.21. The van der Waals surface area contributed by atoms with Crippen molar-refractivity contribution in [3.63, 3.8) is 0 Å². The van der Waals surface area contributed by atoms with Gasteiger partial charge >= 0.3 is 12.0 Å². The van der Waals surface area contributed by atoms with E-state index in [-0.39, 0.29) is 11.6 Å². The molecule has 0 aromatic heterocycles. The van der Waals surface area contributed by atoms with Crippen molar-refractivity contribution in [2.75, 3.05) is 11.9 Å². The first-order chi connectivity index (χ1) is 9.47. The number of ether oxygens (including phenoxy) is 1. The maximum atomic E-state index is 11.8. The third-order valence-electron chi connectivity index (χ3n) is 3.33. The van der Waals surface area contributed by atoms with Crippen molar-refractivity contribution in [1.29, 1.82) is 0 Å². The van der Waals surface area contributed by atoms with Crippen molar-refractivity contribution >= 4 is 17.7 Å². The van der Waals surface area contributed by atoms with E-state index in [1.54, 1.807) is 24.3 Å². The Balaban J connectivity index is 1.90. The van der Waals surface area contributed by atoms with Crippen LogP contribution in [0.2, 0.25) is 0 Å². The highest BCUT2D eigenvalue weighted by Gasteiger charge is 2.33. The summed E-state index contributed by atoms with van der Waals surface area (Å²) in [7, 11) is 0. The number of carboxylic acids is 1. The molecule has 6 nitrogen and oxygen atoms in total. The second-order valence-electron chi connectivity index (χ2n) is 5.20. The summed E-state index contributed by atoms with van der Waals surface area (Å²) in [6.45, 7) is 1.61. The molecular weight excluding hydrogens is 260 g/mol. The topological polar surface area (TPSA) is 87.7 Å². The number of anilines is 1. The van der Waals surface area contributed by atoms with Crippen molar-refractivity contribution in [3.8, 4) is 5.75 Å². The number of carbonyl (C=O) groups is 2. The average Bonchev–Trinajstić information content (AvgIpc) is 2.35. The number of benzene rings is 1. The average molecular weight is 278 g/mol. The first kappa shape index (κ1) is 14.2. The maximum absolute atomic E-state index is 11.8. The summed E-state index contributed by atoms with van der Waals surface area (Å²) < 4.78 is 5.05. The van der Waals surface area contributed by atoms with Gasteiger partial charge in [0.15, 0.2) is 6.61 Å². The van der Waals surface area contributed by atoms with E-state index in [0.29, 0.717) is 11.4 Å². The maximum Gasteiger partial charge on any atom is 0.341 e. The van der Waals surface area contributed by atoms with Crippen LogP contribution in [0.4, 0.5) is 10.5 Å². The highest BCUT2D eigenvalue weighted by atomic mass is 16.5. The summed E-state index contributed by atoms with van der Waals surface area (Å²) in [5, 5.41) is 14.2. The van der Waals surface area contributed by atoms with E-state index < -0.39 is 12.6 Å². The number of carbonyl (C=O) groups excluding carboxylic acids is 1. The molecule has 1 saturated carbocycles. The minimum atomic E-state index is -1.04. The van der Waals surface area contributed by atoms with Crippen LogP contribution in [-0.2, 0) is 4.79 Å². The standard InChI is InChI=1S/C14H18N2O4/c1-14(6-3-7-14)16-13(19)15-10-4-2-5-11(8-10)20-9-12(17)18/h2,4-5,8H,3,6-7,9H2,1H3,(H,17,18)(H2,15,16,19). The minimum absolute atomic E-state index is 0.110. The molecule has 1 aliphatic rings. The van der Waals surface area contributed by atoms with Crippen molar-refractivity contribution in [1.82, 2.24) is 5.32 Å². The van der Waals surface area contributed by atoms with E-state index >= 15 is 0 Å². The molecule has 0 radical (unpaired) electrons. The third-order valence-corrected chi connectivity index (χ3v) is 3.33. The summed E-state index contributed by atoms with van der Waals surface area (Å²) in [5.74, 6) is -0.640. The molecule has 20 heavy (non-hydrogen) atoms. The van der Waals surface area contributed by atoms with E-state index in [9.17, 15) is 9.59 Å². The van der Waals surface area contributed by atoms with Gasteiger partial charge in [-0.2, -0.15) is 0 Å². The number of rotatable bonds is 5. The van der Waals surface area contributed by atoms with Gasteiger partial charge in [-0.1, -0.05) is 6.07 Å². The van der Waals surface area contributed by atoms with E-state index in [1.165, 1.54) is 0 Å². The molecule has 0 bridgehead atoms. The van der Waals surface area contributed by atoms with Crippen LogP contribution in [0.5, 0.6) is 5.75 Å². The molecule has 0 spiro atoms. The Bertz CT molecular complexity index is 512. The molecule has 108 valence electrons. The molecule has 2 rings (SSSR count). The van der Waals surface area contributed by atoms with Crippen molar-refractivity contribution in [2.45, 2.75) is 31.7 Å². The van der Waals surface area contributed by atoms with Crippen molar-refractivity contribution < 1.29 is 19.4 Å². The molecule has 6 heteroatoms. The lowest BCUT2D eigenvalue weighted by molar-refractivity contribution is -0.139. The van der Waals surface area contributed by atoms with Crippen molar-refractivity contribution in [2.24, 2.45) is 0 Å². The Morgan fingerprint density at radius 1 is 1.40 bits per heavy atom. The van der Waals surface area contributed by atoms with E-state index in [0.717, 1.165) is 19.3 Å². The summed E-state index contributed by atoms with van der Waals surface area (Å²) in [4.78, 5) is 22.3. The molecule has 1 fully saturated rings. The van der Waals surface area contributed by atoms with Gasteiger partial charge in [0.05, 0.1) is 0 Å². The molecule has 1 aliphatic carbocycles. The van der Waals surface area contributed by atoms with Gasteiger partial charge in [-0.25, -0.2) is 9.59 Å². The Kier molecular flexibility index (Phi) is 4.12. The Hall–Kier alpha value is -2.24. The smallest absolute Gasteiger partial charge is 0.341 e. The fourth-order valence-corrected chi connectivity index (χ4v) is 2.08. The van der Waals surface area contributed by atoms with Gasteiger partial charge in [-0.3, -0.25) is 0 Å². The Labute approximate surface area is 117 Å². The van der Waals surface area contributed by atoms with Gasteiger partial charge in [0.2, 0.25) is 0 Å². The quantitative estimate of drug-likeness (QED) is 0.770. The summed E-state index contributed by atoms with van der Waals surface area (Å²) >= 11 is 0. The lowest BCUT2D eigenvalue weighted by Gasteiger charge is -2.38. The highest BCUT2D eigenvalue weighted by Crippen LogP contribution is 2.30. The largest absolute Gasteiger partial charge is 0.482 e. The van der Waals surface area contributed by atoms with Crippen LogP contribution in [0.25, 0.3) is 0 Å². The molecule has 3 N–H and O–H groups in total. The van der Waals surface area contributed by atoms with Crippen LogP contribution >= 0.6 is 0 Å². The second kappa shape index (κ2) is 5.81. The van der Waals surface area contributed by atoms with Gasteiger partial charge in [0, 0.05) is 17.3 Å². The number of nitrogens with one attached hydrogen (secondary N) is 2. The Morgan fingerprint density at radius 3 is 2.75 bits per heavy atom. The summed E-state index contributed by atoms with van der Waals surface area (Å²) in [5.41, 5.74) is 0.454. The molecule has 0 unspecified atom stereocenters. The fraction of sp³-hybridized carbons (Fsp3) is 0.429. The molecular formula is C14H18N2O4. The molecule has 1 aromatic rings. The van der Waals surface area contributed by atoms with E-state index in [2.05, 4.69) is 10.6 Å². The fourth-order valence-electron chi connectivity index (χ4n) is 2.08. The van der Waals surface area contributed by atoms with Crippen LogP contribution in [0.15, 0.2) is 24.3 Å². The monoisotopic (exact) mass is 278 g/mol. The first-order valence-corrected chi connectivity index (χ1v) is 6.51. The number of urea groups is 1. The van der Waals surface area contributed by atoms with Crippen LogP contribution in [0.1, 0.15) is 26.2 Å².